The van der Waals surface area contributed by atoms with Crippen LogP contribution >= 0.6 is 0 Å². The number of rotatable bonds is 8. The van der Waals surface area contributed by atoms with Gasteiger partial charge in [-0.2, -0.15) is 5.26 Å². The Bertz CT molecular complexity index is 852. The van der Waals surface area contributed by atoms with Crippen LogP contribution in [0.3, 0.4) is 0 Å². The van der Waals surface area contributed by atoms with E-state index >= 15 is 0 Å². The van der Waals surface area contributed by atoms with Crippen molar-refractivity contribution in [2.75, 3.05) is 31.6 Å². The molecule has 0 aliphatic carbocycles. The number of nitrogens with zero attached hydrogens (tertiary/aromatic N) is 2. The predicted molar refractivity (Wildman–Crippen MR) is 108 cm³/mol. The van der Waals surface area contributed by atoms with Crippen LogP contribution in [0.25, 0.3) is 0 Å². The first-order valence-electron chi connectivity index (χ1n) is 9.51. The summed E-state index contributed by atoms with van der Waals surface area (Å²) in [6.45, 7) is 5.65. The lowest BCUT2D eigenvalue weighted by molar-refractivity contribution is -0.138. The van der Waals surface area contributed by atoms with Gasteiger partial charge in [0, 0.05) is 12.2 Å². The highest BCUT2D eigenvalue weighted by molar-refractivity contribution is 5.79. The Labute approximate surface area is 165 Å². The molecule has 0 radical (unpaired) electrons. The van der Waals surface area contributed by atoms with Crippen LogP contribution in [0.2, 0.25) is 0 Å². The maximum absolute atomic E-state index is 11.9. The molecule has 2 aromatic carbocycles. The smallest absolute Gasteiger partial charge is 0.330 e. The number of benzene rings is 2. The van der Waals surface area contributed by atoms with E-state index in [-0.39, 0.29) is 0 Å². The third kappa shape index (κ3) is 5.24. The van der Waals surface area contributed by atoms with Gasteiger partial charge < -0.3 is 15.2 Å². The molecule has 0 aromatic heterocycles. The zero-order chi connectivity index (χ0) is 19.9. The van der Waals surface area contributed by atoms with Crippen LogP contribution in [0.1, 0.15) is 35.6 Å². The van der Waals surface area contributed by atoms with Gasteiger partial charge in [0.25, 0.3) is 0 Å². The summed E-state index contributed by atoms with van der Waals surface area (Å²) in [5.41, 5.74) is 2.75. The number of ether oxygens (including phenoxy) is 1. The van der Waals surface area contributed by atoms with Gasteiger partial charge in [-0.1, -0.05) is 6.07 Å². The topological polar surface area (TPSA) is 85.6 Å². The molecule has 28 heavy (non-hydrogen) atoms. The molecule has 1 aliphatic rings. The molecule has 2 aromatic rings. The second-order valence-electron chi connectivity index (χ2n) is 7.08. The maximum atomic E-state index is 11.9. The molecule has 0 amide bonds. The monoisotopic (exact) mass is 379 g/mol. The van der Waals surface area contributed by atoms with Crippen molar-refractivity contribution in [1.82, 2.24) is 4.90 Å². The van der Waals surface area contributed by atoms with Crippen LogP contribution in [0.5, 0.6) is 5.75 Å². The molecule has 2 N–H and O–H groups in total. The van der Waals surface area contributed by atoms with Gasteiger partial charge in [0.15, 0.2) is 6.04 Å². The standard InChI is InChI=1S/C22H25N3O3/c1-16-12-18(14-20(13-16)28-11-10-25-8-2-3-9-25)21(22(26)27)24-19-6-4-17(15-23)5-7-19/h4-7,12-14,21,24H,2-3,8-11H2,1H3,(H,26,27). The molecule has 3 rings (SSSR count). The first-order chi connectivity index (χ1) is 13.5. The number of hydrogen-bond donors (Lipinski definition) is 2. The molecule has 6 heteroatoms. The minimum Gasteiger partial charge on any atom is -0.492 e. The van der Waals surface area contributed by atoms with Gasteiger partial charge in [-0.25, -0.2) is 4.79 Å². The summed E-state index contributed by atoms with van der Waals surface area (Å²) < 4.78 is 5.90. The molecule has 0 spiro atoms. The van der Waals surface area contributed by atoms with Crippen molar-refractivity contribution in [2.45, 2.75) is 25.8 Å². The third-order valence-corrected chi connectivity index (χ3v) is 4.85. The van der Waals surface area contributed by atoms with E-state index in [0.29, 0.717) is 29.2 Å². The van der Waals surface area contributed by atoms with Crippen LogP contribution in [-0.2, 0) is 4.79 Å². The summed E-state index contributed by atoms with van der Waals surface area (Å²) >= 11 is 0. The Morgan fingerprint density at radius 1 is 1.25 bits per heavy atom. The van der Waals surface area contributed by atoms with Crippen LogP contribution < -0.4 is 10.1 Å². The van der Waals surface area contributed by atoms with Gasteiger partial charge in [0.05, 0.1) is 11.6 Å². The number of aryl methyl sites for hydroxylation is 1. The lowest BCUT2D eigenvalue weighted by atomic mass is 10.0. The van der Waals surface area contributed by atoms with Gasteiger partial charge in [0.1, 0.15) is 12.4 Å². The number of aliphatic carboxylic acids is 1. The van der Waals surface area contributed by atoms with Crippen LogP contribution in [0.15, 0.2) is 42.5 Å². The average molecular weight is 379 g/mol. The minimum absolute atomic E-state index is 0.529. The van der Waals surface area contributed by atoms with E-state index in [0.717, 1.165) is 25.2 Å². The van der Waals surface area contributed by atoms with Crippen LogP contribution in [0, 0.1) is 18.3 Å². The fourth-order valence-corrected chi connectivity index (χ4v) is 3.42. The number of hydrogen-bond acceptors (Lipinski definition) is 5. The molecule has 146 valence electrons. The molecule has 0 saturated carbocycles. The first kappa shape index (κ1) is 19.7. The Morgan fingerprint density at radius 2 is 1.96 bits per heavy atom. The number of carboxylic acid groups (broad SMARTS) is 1. The molecule has 6 nitrogen and oxygen atoms in total. The molecular formula is C22H25N3O3. The number of anilines is 1. The molecule has 1 aliphatic heterocycles. The fourth-order valence-electron chi connectivity index (χ4n) is 3.42. The molecule has 1 unspecified atom stereocenters. The van der Waals surface area contributed by atoms with E-state index in [9.17, 15) is 9.90 Å². The van der Waals surface area contributed by atoms with E-state index in [2.05, 4.69) is 16.3 Å². The quantitative estimate of drug-likeness (QED) is 0.729. The summed E-state index contributed by atoms with van der Waals surface area (Å²) in [6.07, 6.45) is 2.49. The normalized spacial score (nSPS) is 15.0. The second kappa shape index (κ2) is 9.25. The minimum atomic E-state index is -0.974. The average Bonchev–Trinajstić information content (AvgIpc) is 3.19. The largest absolute Gasteiger partial charge is 0.492 e. The number of likely N-dealkylation sites (tertiary alicyclic amines) is 1. The van der Waals surface area contributed by atoms with Gasteiger partial charge in [-0.3, -0.25) is 4.90 Å². The van der Waals surface area contributed by atoms with Gasteiger partial charge >= 0.3 is 5.97 Å². The van der Waals surface area contributed by atoms with E-state index in [1.807, 2.05) is 19.1 Å². The lowest BCUT2D eigenvalue weighted by Gasteiger charge is -2.19. The maximum Gasteiger partial charge on any atom is 0.330 e. The zero-order valence-electron chi connectivity index (χ0n) is 16.0. The van der Waals surface area contributed by atoms with Crippen molar-refractivity contribution in [3.8, 4) is 11.8 Å². The van der Waals surface area contributed by atoms with Crippen molar-refractivity contribution in [3.63, 3.8) is 0 Å². The SMILES string of the molecule is Cc1cc(OCCN2CCCC2)cc(C(Nc2ccc(C#N)cc2)C(=O)O)c1. The third-order valence-electron chi connectivity index (χ3n) is 4.85. The molecular weight excluding hydrogens is 354 g/mol. The summed E-state index contributed by atoms with van der Waals surface area (Å²) in [5.74, 6) is -0.292. The fraction of sp³-hybridized carbons (Fsp3) is 0.364. The number of nitrogens with one attached hydrogen (secondary N) is 1. The summed E-state index contributed by atoms with van der Waals surface area (Å²) in [4.78, 5) is 14.3. The first-order valence-corrected chi connectivity index (χ1v) is 9.51. The van der Waals surface area contributed by atoms with Gasteiger partial charge in [-0.15, -0.1) is 0 Å². The summed E-state index contributed by atoms with van der Waals surface area (Å²) in [5, 5.41) is 21.7. The summed E-state index contributed by atoms with van der Waals surface area (Å²) in [6, 6.07) is 13.4. The van der Waals surface area contributed by atoms with Crippen molar-refractivity contribution < 1.29 is 14.6 Å². The molecule has 1 atom stereocenters. The van der Waals surface area contributed by atoms with Crippen molar-refractivity contribution >= 4 is 11.7 Å². The van der Waals surface area contributed by atoms with E-state index in [1.165, 1.54) is 12.8 Å². The van der Waals surface area contributed by atoms with E-state index in [4.69, 9.17) is 10.00 Å². The molecule has 1 saturated heterocycles. The molecule has 0 bridgehead atoms. The number of carbonyl (C=O) groups is 1. The van der Waals surface area contributed by atoms with Gasteiger partial charge in [-0.05, 0) is 80.4 Å². The van der Waals surface area contributed by atoms with Gasteiger partial charge in [0.2, 0.25) is 0 Å². The highest BCUT2D eigenvalue weighted by Crippen LogP contribution is 2.26. The van der Waals surface area contributed by atoms with Crippen molar-refractivity contribution in [3.05, 3.63) is 59.2 Å². The highest BCUT2D eigenvalue weighted by Gasteiger charge is 2.21. The van der Waals surface area contributed by atoms with E-state index < -0.39 is 12.0 Å². The van der Waals surface area contributed by atoms with Crippen LogP contribution in [0.4, 0.5) is 5.69 Å². The zero-order valence-corrected chi connectivity index (χ0v) is 16.0. The second-order valence-corrected chi connectivity index (χ2v) is 7.08. The number of nitriles is 1. The molecule has 1 fully saturated rings. The van der Waals surface area contributed by atoms with E-state index in [1.54, 1.807) is 30.3 Å². The summed E-state index contributed by atoms with van der Waals surface area (Å²) in [7, 11) is 0. The Morgan fingerprint density at radius 3 is 2.61 bits per heavy atom. The Kier molecular flexibility index (Phi) is 6.51. The van der Waals surface area contributed by atoms with Crippen LogP contribution in [-0.4, -0.2) is 42.2 Å². The lowest BCUT2D eigenvalue weighted by Crippen LogP contribution is -2.25. The van der Waals surface area contributed by atoms with Crippen molar-refractivity contribution in [1.29, 1.82) is 5.26 Å². The number of carboxylic acids is 1. The predicted octanol–water partition coefficient (Wildman–Crippen LogP) is 3.58. The molecule has 1 heterocycles. The Hall–Kier alpha value is -3.04. The highest BCUT2D eigenvalue weighted by atomic mass is 16.5. The Balaban J connectivity index is 1.71. The van der Waals surface area contributed by atoms with Crippen molar-refractivity contribution in [2.24, 2.45) is 0 Å².